The number of alkyl halides is 2. The second-order valence-electron chi connectivity index (χ2n) is 2.97. The molecule has 1 rings (SSSR count). The summed E-state index contributed by atoms with van der Waals surface area (Å²) >= 11 is 0. The molecule has 0 unspecified atom stereocenters. The van der Waals surface area contributed by atoms with Crippen LogP contribution in [0.4, 0.5) is 13.2 Å². The Hall–Kier alpha value is -1.50. The smallest absolute Gasteiger partial charge is 0.210 e. The summed E-state index contributed by atoms with van der Waals surface area (Å²) in [5.74, 6) is -1.89. The Labute approximate surface area is 79.8 Å². The van der Waals surface area contributed by atoms with Crippen molar-refractivity contribution in [2.45, 2.75) is 19.3 Å². The summed E-state index contributed by atoms with van der Waals surface area (Å²) in [6.07, 6.45) is -2.63. The van der Waals surface area contributed by atoms with Crippen LogP contribution in [0.1, 0.15) is 24.0 Å². The number of rotatable bonds is 2. The highest BCUT2D eigenvalue weighted by Gasteiger charge is 2.20. The highest BCUT2D eigenvalue weighted by atomic mass is 19.3. The van der Waals surface area contributed by atoms with Crippen molar-refractivity contribution in [2.24, 2.45) is 0 Å². The Bertz CT molecular complexity index is 368. The van der Waals surface area contributed by atoms with Crippen LogP contribution in [0, 0.1) is 17.1 Å². The number of hydrogen-bond acceptors (Lipinski definition) is 1. The first-order valence-electron chi connectivity index (χ1n) is 4.04. The monoisotopic (exact) mass is 199 g/mol. The van der Waals surface area contributed by atoms with Gasteiger partial charge in [0.2, 0.25) is 6.43 Å². The van der Waals surface area contributed by atoms with Crippen molar-refractivity contribution in [1.29, 1.82) is 5.26 Å². The van der Waals surface area contributed by atoms with Gasteiger partial charge in [-0.2, -0.15) is 5.26 Å². The number of benzene rings is 1. The predicted molar refractivity (Wildman–Crippen MR) is 45.5 cm³/mol. The molecule has 0 aliphatic carbocycles. The summed E-state index contributed by atoms with van der Waals surface area (Å²) in [4.78, 5) is 0. The quantitative estimate of drug-likeness (QED) is 0.718. The molecular formula is C10H8F3N. The summed E-state index contributed by atoms with van der Waals surface area (Å²) in [6, 6.07) is 5.23. The van der Waals surface area contributed by atoms with Crippen molar-refractivity contribution in [3.05, 3.63) is 35.1 Å². The van der Waals surface area contributed by atoms with Crippen LogP contribution in [0.25, 0.3) is 0 Å². The molecule has 0 aliphatic heterocycles. The molecule has 0 amide bonds. The molecule has 0 bridgehead atoms. The van der Waals surface area contributed by atoms with Crippen LogP contribution in [0.5, 0.6) is 0 Å². The molecule has 1 atom stereocenters. The van der Waals surface area contributed by atoms with E-state index >= 15 is 0 Å². The fraction of sp³-hybridized carbons (Fsp3) is 0.300. The molecule has 0 saturated carbocycles. The number of nitrogens with zero attached hydrogens (tertiary/aromatic N) is 1. The minimum absolute atomic E-state index is 0.112. The van der Waals surface area contributed by atoms with Gasteiger partial charge in [0.15, 0.2) is 0 Å². The molecule has 1 aromatic carbocycles. The van der Waals surface area contributed by atoms with Gasteiger partial charge in [-0.25, -0.2) is 13.2 Å². The van der Waals surface area contributed by atoms with Crippen LogP contribution in [-0.4, -0.2) is 6.43 Å². The average molecular weight is 199 g/mol. The lowest BCUT2D eigenvalue weighted by atomic mass is 9.99. The molecule has 0 heterocycles. The highest BCUT2D eigenvalue weighted by molar-refractivity contribution is 5.35. The third-order valence-corrected chi connectivity index (χ3v) is 1.99. The number of nitriles is 1. The van der Waals surface area contributed by atoms with E-state index in [1.807, 2.05) is 0 Å². The van der Waals surface area contributed by atoms with Gasteiger partial charge in [0.05, 0.1) is 11.6 Å². The molecule has 0 aliphatic rings. The predicted octanol–water partition coefficient (Wildman–Crippen LogP) is 3.07. The maximum Gasteiger partial charge on any atom is 0.245 e. The van der Waals surface area contributed by atoms with Crippen LogP contribution in [0.3, 0.4) is 0 Å². The van der Waals surface area contributed by atoms with E-state index < -0.39 is 18.2 Å². The summed E-state index contributed by atoms with van der Waals surface area (Å²) in [5.41, 5.74) is 0.0768. The molecule has 1 aromatic rings. The van der Waals surface area contributed by atoms with Crippen molar-refractivity contribution >= 4 is 0 Å². The van der Waals surface area contributed by atoms with Gasteiger partial charge in [0.25, 0.3) is 0 Å². The van der Waals surface area contributed by atoms with E-state index in [1.165, 1.54) is 13.0 Å². The molecule has 0 saturated heterocycles. The Morgan fingerprint density at radius 3 is 2.50 bits per heavy atom. The van der Waals surface area contributed by atoms with Gasteiger partial charge in [-0.15, -0.1) is 0 Å². The third kappa shape index (κ3) is 2.05. The Balaban J connectivity index is 3.13. The Morgan fingerprint density at radius 2 is 2.00 bits per heavy atom. The third-order valence-electron chi connectivity index (χ3n) is 1.99. The maximum absolute atomic E-state index is 13.1. The van der Waals surface area contributed by atoms with Crippen LogP contribution < -0.4 is 0 Å². The van der Waals surface area contributed by atoms with Crippen LogP contribution in [0.15, 0.2) is 18.2 Å². The van der Waals surface area contributed by atoms with Crippen molar-refractivity contribution in [3.8, 4) is 6.07 Å². The summed E-state index contributed by atoms with van der Waals surface area (Å²) in [7, 11) is 0. The van der Waals surface area contributed by atoms with Gasteiger partial charge in [-0.05, 0) is 23.8 Å². The summed E-state index contributed by atoms with van der Waals surface area (Å²) < 4.78 is 37.6. The van der Waals surface area contributed by atoms with Gasteiger partial charge in [-0.1, -0.05) is 6.92 Å². The van der Waals surface area contributed by atoms with E-state index in [9.17, 15) is 13.2 Å². The second kappa shape index (κ2) is 4.14. The normalized spacial score (nSPS) is 12.6. The topological polar surface area (TPSA) is 23.8 Å². The molecule has 74 valence electrons. The molecule has 0 spiro atoms. The van der Waals surface area contributed by atoms with Crippen LogP contribution in [0.2, 0.25) is 0 Å². The van der Waals surface area contributed by atoms with Gasteiger partial charge < -0.3 is 0 Å². The lowest BCUT2D eigenvalue weighted by Crippen LogP contribution is -2.07. The molecular weight excluding hydrogens is 191 g/mol. The zero-order valence-electron chi connectivity index (χ0n) is 7.47. The van der Waals surface area contributed by atoms with E-state index in [4.69, 9.17) is 5.26 Å². The molecule has 1 nitrogen and oxygen atoms in total. The maximum atomic E-state index is 13.1. The van der Waals surface area contributed by atoms with E-state index in [0.29, 0.717) is 0 Å². The van der Waals surface area contributed by atoms with Crippen LogP contribution in [-0.2, 0) is 0 Å². The average Bonchev–Trinajstić information content (AvgIpc) is 2.17. The molecule has 0 aromatic heterocycles. The zero-order valence-corrected chi connectivity index (χ0v) is 7.47. The minimum Gasteiger partial charge on any atom is -0.210 e. The standard InChI is InChI=1S/C10H8F3N/c1-6(10(12)13)8-4-7(5-14)2-3-9(8)11/h2-4,6,10H,1H3/t6-/m0/s1. The summed E-state index contributed by atoms with van der Waals surface area (Å²) in [5, 5.41) is 8.51. The van der Waals surface area contributed by atoms with E-state index in [1.54, 1.807) is 6.07 Å². The van der Waals surface area contributed by atoms with Crippen molar-refractivity contribution in [3.63, 3.8) is 0 Å². The number of hydrogen-bond donors (Lipinski definition) is 0. The SMILES string of the molecule is C[C@@H](c1cc(C#N)ccc1F)C(F)F. The minimum atomic E-state index is -2.63. The van der Waals surface area contributed by atoms with Crippen molar-refractivity contribution in [2.75, 3.05) is 0 Å². The van der Waals surface area contributed by atoms with Crippen molar-refractivity contribution < 1.29 is 13.2 Å². The van der Waals surface area contributed by atoms with E-state index in [0.717, 1.165) is 12.1 Å². The van der Waals surface area contributed by atoms with Crippen LogP contribution >= 0.6 is 0 Å². The van der Waals surface area contributed by atoms with Gasteiger partial charge in [-0.3, -0.25) is 0 Å². The zero-order chi connectivity index (χ0) is 10.7. The lowest BCUT2D eigenvalue weighted by molar-refractivity contribution is 0.119. The molecule has 0 N–H and O–H groups in total. The van der Waals surface area contributed by atoms with E-state index in [2.05, 4.69) is 0 Å². The second-order valence-corrected chi connectivity index (χ2v) is 2.97. The first kappa shape index (κ1) is 10.6. The molecule has 0 fully saturated rings. The first-order chi connectivity index (χ1) is 6.56. The fourth-order valence-corrected chi connectivity index (χ4v) is 1.10. The highest BCUT2D eigenvalue weighted by Crippen LogP contribution is 2.25. The van der Waals surface area contributed by atoms with Gasteiger partial charge in [0, 0.05) is 5.92 Å². The Morgan fingerprint density at radius 1 is 1.36 bits per heavy atom. The fourth-order valence-electron chi connectivity index (χ4n) is 1.10. The first-order valence-corrected chi connectivity index (χ1v) is 4.04. The molecule has 14 heavy (non-hydrogen) atoms. The Kier molecular flexibility index (Phi) is 3.13. The van der Waals surface area contributed by atoms with Gasteiger partial charge in [0.1, 0.15) is 5.82 Å². The molecule has 0 radical (unpaired) electrons. The number of halogens is 3. The largest absolute Gasteiger partial charge is 0.245 e. The summed E-state index contributed by atoms with van der Waals surface area (Å²) in [6.45, 7) is 1.23. The van der Waals surface area contributed by atoms with Gasteiger partial charge >= 0.3 is 0 Å². The van der Waals surface area contributed by atoms with Crippen molar-refractivity contribution in [1.82, 2.24) is 0 Å². The van der Waals surface area contributed by atoms with E-state index in [-0.39, 0.29) is 11.1 Å². The lowest BCUT2D eigenvalue weighted by Gasteiger charge is -2.11. The molecule has 4 heteroatoms.